The third kappa shape index (κ3) is 3.07. The molecule has 6 heteroatoms. The van der Waals surface area contributed by atoms with Gasteiger partial charge in [-0.2, -0.15) is 0 Å². The molecule has 0 unspecified atom stereocenters. The van der Waals surface area contributed by atoms with Crippen molar-refractivity contribution in [3.8, 4) is 0 Å². The highest BCUT2D eigenvalue weighted by molar-refractivity contribution is 7.17. The standard InChI is InChI=1S/C13H18N2O3S/c1-2-7-14-13(18)15-11-10(12(16)17)8-5-3-4-6-9(8)19-11/h2-7H2,1H3,(H,16,17)(H2,14,15,18). The third-order valence-corrected chi connectivity index (χ3v) is 4.36. The SMILES string of the molecule is CCCNC(=O)Nc1sc2c(c1C(=O)O)CCCC2. The van der Waals surface area contributed by atoms with Crippen LogP contribution in [0.1, 0.15) is 47.0 Å². The molecule has 5 nitrogen and oxygen atoms in total. The molecule has 3 N–H and O–H groups in total. The molecule has 19 heavy (non-hydrogen) atoms. The number of hydrogen-bond donors (Lipinski definition) is 3. The van der Waals surface area contributed by atoms with Crippen LogP contribution in [-0.2, 0) is 12.8 Å². The van der Waals surface area contributed by atoms with Gasteiger partial charge in [0.05, 0.1) is 5.56 Å². The quantitative estimate of drug-likeness (QED) is 0.794. The molecule has 1 aliphatic rings. The smallest absolute Gasteiger partial charge is 0.339 e. The van der Waals surface area contributed by atoms with Crippen molar-refractivity contribution in [3.05, 3.63) is 16.0 Å². The van der Waals surface area contributed by atoms with E-state index in [0.717, 1.165) is 42.5 Å². The van der Waals surface area contributed by atoms with Crippen LogP contribution in [0.4, 0.5) is 9.80 Å². The Kier molecular flexibility index (Phi) is 4.42. The Bertz CT molecular complexity index is 496. The van der Waals surface area contributed by atoms with Gasteiger partial charge in [0.15, 0.2) is 0 Å². The third-order valence-electron chi connectivity index (χ3n) is 3.15. The van der Waals surface area contributed by atoms with Gasteiger partial charge < -0.3 is 10.4 Å². The van der Waals surface area contributed by atoms with Crippen LogP contribution < -0.4 is 10.6 Å². The molecule has 0 aliphatic heterocycles. The van der Waals surface area contributed by atoms with Gasteiger partial charge in [-0.3, -0.25) is 5.32 Å². The van der Waals surface area contributed by atoms with E-state index in [1.807, 2.05) is 6.92 Å². The summed E-state index contributed by atoms with van der Waals surface area (Å²) in [6, 6.07) is -0.331. The molecule has 0 fully saturated rings. The van der Waals surface area contributed by atoms with E-state index in [1.165, 1.54) is 11.3 Å². The predicted octanol–water partition coefficient (Wildman–Crippen LogP) is 2.86. The van der Waals surface area contributed by atoms with Crippen molar-refractivity contribution in [2.75, 3.05) is 11.9 Å². The Morgan fingerprint density at radius 3 is 2.74 bits per heavy atom. The number of carboxylic acids is 1. The van der Waals surface area contributed by atoms with Crippen molar-refractivity contribution in [3.63, 3.8) is 0 Å². The molecule has 2 rings (SSSR count). The fourth-order valence-corrected chi connectivity index (χ4v) is 3.54. The molecule has 0 radical (unpaired) electrons. The molecule has 104 valence electrons. The summed E-state index contributed by atoms with van der Waals surface area (Å²) in [4.78, 5) is 24.1. The number of nitrogens with one attached hydrogen (secondary N) is 2. The van der Waals surface area contributed by atoms with Crippen LogP contribution in [0.2, 0.25) is 0 Å². The Labute approximate surface area is 116 Å². The maximum absolute atomic E-state index is 11.7. The van der Waals surface area contributed by atoms with Crippen LogP contribution in [0.3, 0.4) is 0 Å². The van der Waals surface area contributed by atoms with Crippen molar-refractivity contribution in [2.45, 2.75) is 39.0 Å². The lowest BCUT2D eigenvalue weighted by atomic mass is 9.95. The summed E-state index contributed by atoms with van der Waals surface area (Å²) in [5.41, 5.74) is 1.20. The lowest BCUT2D eigenvalue weighted by molar-refractivity contribution is 0.0697. The van der Waals surface area contributed by atoms with Crippen molar-refractivity contribution in [1.29, 1.82) is 0 Å². The topological polar surface area (TPSA) is 78.4 Å². The van der Waals surface area contributed by atoms with E-state index >= 15 is 0 Å². The van der Waals surface area contributed by atoms with Crippen LogP contribution >= 0.6 is 11.3 Å². The average molecular weight is 282 g/mol. The second kappa shape index (κ2) is 6.06. The van der Waals surface area contributed by atoms with E-state index in [2.05, 4.69) is 10.6 Å². The summed E-state index contributed by atoms with van der Waals surface area (Å²) in [7, 11) is 0. The Morgan fingerprint density at radius 2 is 2.05 bits per heavy atom. The first-order chi connectivity index (χ1) is 9.13. The molecular weight excluding hydrogens is 264 g/mol. The van der Waals surface area contributed by atoms with Crippen LogP contribution in [0.15, 0.2) is 0 Å². The van der Waals surface area contributed by atoms with Gasteiger partial charge in [0.2, 0.25) is 0 Å². The van der Waals surface area contributed by atoms with Crippen molar-refractivity contribution in [2.24, 2.45) is 0 Å². The normalized spacial score (nSPS) is 13.7. The second-order valence-corrected chi connectivity index (χ2v) is 5.71. The number of thiophene rings is 1. The van der Waals surface area contributed by atoms with Gasteiger partial charge in [-0.1, -0.05) is 6.92 Å². The zero-order chi connectivity index (χ0) is 13.8. The molecule has 0 atom stereocenters. The van der Waals surface area contributed by atoms with Gasteiger partial charge in [-0.15, -0.1) is 11.3 Å². The van der Waals surface area contributed by atoms with E-state index in [4.69, 9.17) is 0 Å². The summed E-state index contributed by atoms with van der Waals surface area (Å²) in [6.07, 6.45) is 4.67. The highest BCUT2D eigenvalue weighted by Gasteiger charge is 2.25. The minimum atomic E-state index is -0.954. The number of fused-ring (bicyclic) bond motifs is 1. The molecule has 0 bridgehead atoms. The summed E-state index contributed by atoms with van der Waals surface area (Å²) in [5.74, 6) is -0.954. The van der Waals surface area contributed by atoms with Gasteiger partial charge in [0.25, 0.3) is 0 Å². The molecule has 1 heterocycles. The van der Waals surface area contributed by atoms with E-state index < -0.39 is 5.97 Å². The summed E-state index contributed by atoms with van der Waals surface area (Å²) >= 11 is 1.40. The molecule has 1 aliphatic carbocycles. The van der Waals surface area contributed by atoms with Crippen LogP contribution in [0.25, 0.3) is 0 Å². The number of amides is 2. The highest BCUT2D eigenvalue weighted by atomic mass is 32.1. The maximum atomic E-state index is 11.7. The van der Waals surface area contributed by atoms with Crippen LogP contribution in [-0.4, -0.2) is 23.7 Å². The van der Waals surface area contributed by atoms with Crippen molar-refractivity contribution in [1.82, 2.24) is 5.32 Å². The largest absolute Gasteiger partial charge is 0.478 e. The Morgan fingerprint density at radius 1 is 1.32 bits per heavy atom. The van der Waals surface area contributed by atoms with Crippen molar-refractivity contribution >= 4 is 28.3 Å². The van der Waals surface area contributed by atoms with E-state index in [0.29, 0.717) is 11.5 Å². The van der Waals surface area contributed by atoms with Gasteiger partial charge in [-0.05, 0) is 37.7 Å². The minimum Gasteiger partial charge on any atom is -0.478 e. The van der Waals surface area contributed by atoms with E-state index in [1.54, 1.807) is 0 Å². The molecule has 0 saturated carbocycles. The number of carbonyl (C=O) groups excluding carboxylic acids is 1. The first kappa shape index (κ1) is 13.9. The Balaban J connectivity index is 2.22. The van der Waals surface area contributed by atoms with Crippen LogP contribution in [0, 0.1) is 0 Å². The lowest BCUT2D eigenvalue weighted by Crippen LogP contribution is -2.29. The van der Waals surface area contributed by atoms with Gasteiger partial charge in [-0.25, -0.2) is 9.59 Å². The lowest BCUT2D eigenvalue weighted by Gasteiger charge is -2.10. The van der Waals surface area contributed by atoms with Gasteiger partial charge >= 0.3 is 12.0 Å². The first-order valence-corrected chi connectivity index (χ1v) is 7.37. The monoisotopic (exact) mass is 282 g/mol. The number of hydrogen-bond acceptors (Lipinski definition) is 3. The zero-order valence-electron chi connectivity index (χ0n) is 10.9. The molecule has 1 aromatic heterocycles. The first-order valence-electron chi connectivity index (χ1n) is 6.56. The molecule has 1 aromatic rings. The second-order valence-electron chi connectivity index (χ2n) is 4.60. The van der Waals surface area contributed by atoms with Crippen LogP contribution in [0.5, 0.6) is 0 Å². The average Bonchev–Trinajstić information content (AvgIpc) is 2.74. The number of aromatic carboxylic acids is 1. The van der Waals surface area contributed by atoms with Gasteiger partial charge in [0.1, 0.15) is 5.00 Å². The van der Waals surface area contributed by atoms with E-state index in [-0.39, 0.29) is 11.6 Å². The summed E-state index contributed by atoms with van der Waals surface area (Å²) in [5, 5.41) is 15.2. The molecule has 0 saturated heterocycles. The number of carbonyl (C=O) groups is 2. The number of urea groups is 1. The predicted molar refractivity (Wildman–Crippen MR) is 75.2 cm³/mol. The molecular formula is C13H18N2O3S. The number of anilines is 1. The number of aryl methyl sites for hydroxylation is 1. The maximum Gasteiger partial charge on any atom is 0.339 e. The fraction of sp³-hybridized carbons (Fsp3) is 0.538. The zero-order valence-corrected chi connectivity index (χ0v) is 11.7. The van der Waals surface area contributed by atoms with Crippen molar-refractivity contribution < 1.29 is 14.7 Å². The molecule has 0 spiro atoms. The summed E-state index contributed by atoms with van der Waals surface area (Å²) in [6.45, 7) is 2.55. The molecule has 2 amide bonds. The van der Waals surface area contributed by atoms with E-state index in [9.17, 15) is 14.7 Å². The summed E-state index contributed by atoms with van der Waals surface area (Å²) < 4.78 is 0. The number of carboxylic acid groups (broad SMARTS) is 1. The fourth-order valence-electron chi connectivity index (χ4n) is 2.27. The van der Waals surface area contributed by atoms with Gasteiger partial charge in [0, 0.05) is 11.4 Å². The molecule has 0 aromatic carbocycles. The number of rotatable bonds is 4. The highest BCUT2D eigenvalue weighted by Crippen LogP contribution is 2.38. The Hall–Kier alpha value is -1.56. The minimum absolute atomic E-state index is 0.284.